The molecule has 0 aliphatic heterocycles. The van der Waals surface area contributed by atoms with Gasteiger partial charge in [0.05, 0.1) is 25.9 Å². The van der Waals surface area contributed by atoms with Gasteiger partial charge in [-0.1, -0.05) is 13.8 Å². The van der Waals surface area contributed by atoms with Crippen molar-refractivity contribution in [1.82, 2.24) is 5.32 Å². The van der Waals surface area contributed by atoms with Gasteiger partial charge in [0.2, 0.25) is 0 Å². The molecule has 0 spiro atoms. The number of benzene rings is 1. The van der Waals surface area contributed by atoms with Crippen molar-refractivity contribution < 1.29 is 14.6 Å². The molecule has 0 radical (unpaired) electrons. The highest BCUT2D eigenvalue weighted by Gasteiger charge is 2.20. The van der Waals surface area contributed by atoms with Crippen molar-refractivity contribution in [2.24, 2.45) is 0 Å². The quantitative estimate of drug-likeness (QED) is 0.754. The number of hydrogen-bond acceptors (Lipinski definition) is 5. The topological polar surface area (TPSA) is 50.7 Å². The summed E-state index contributed by atoms with van der Waals surface area (Å²) in [5.74, 6) is 1.32. The molecule has 0 heterocycles. The fourth-order valence-corrected chi connectivity index (χ4v) is 2.77. The summed E-state index contributed by atoms with van der Waals surface area (Å²) in [5, 5.41) is 13.6. The molecule has 1 aromatic rings. The summed E-state index contributed by atoms with van der Waals surface area (Å²) in [6, 6.07) is 3.89. The molecule has 108 valence electrons. The number of hydrogen-bond donors (Lipinski definition) is 2. The minimum atomic E-state index is -0.659. The summed E-state index contributed by atoms with van der Waals surface area (Å²) in [5.41, 5.74) is 0.687. The molecule has 1 aromatic carbocycles. The number of likely N-dealkylation sites (N-methyl/N-ethyl adjacent to an activating group) is 1. The van der Waals surface area contributed by atoms with Crippen molar-refractivity contribution in [2.45, 2.75) is 30.1 Å². The lowest BCUT2D eigenvalue weighted by atomic mass is 10.1. The lowest BCUT2D eigenvalue weighted by Crippen LogP contribution is -2.18. The maximum Gasteiger partial charge on any atom is 0.129 e. The van der Waals surface area contributed by atoms with Gasteiger partial charge in [-0.15, -0.1) is 11.8 Å². The van der Waals surface area contributed by atoms with Gasteiger partial charge in [0.25, 0.3) is 0 Å². The Kier molecular flexibility index (Phi) is 6.48. The zero-order valence-electron chi connectivity index (χ0n) is 12.2. The molecule has 4 nitrogen and oxygen atoms in total. The molecule has 0 fully saturated rings. The van der Waals surface area contributed by atoms with E-state index >= 15 is 0 Å². The number of nitrogens with one attached hydrogen (secondary N) is 1. The molecule has 1 unspecified atom stereocenters. The van der Waals surface area contributed by atoms with Gasteiger partial charge in [-0.2, -0.15) is 0 Å². The average Bonchev–Trinajstić information content (AvgIpc) is 2.36. The fraction of sp³-hybridized carbons (Fsp3) is 0.571. The first-order chi connectivity index (χ1) is 9.03. The number of methoxy groups -OCH3 is 2. The second-order valence-electron chi connectivity index (χ2n) is 4.48. The molecule has 0 amide bonds. The third kappa shape index (κ3) is 4.30. The van der Waals surface area contributed by atoms with Crippen molar-refractivity contribution in [2.75, 3.05) is 27.8 Å². The summed E-state index contributed by atoms with van der Waals surface area (Å²) in [7, 11) is 5.01. The molecule has 0 aliphatic rings. The highest BCUT2D eigenvalue weighted by Crippen LogP contribution is 2.39. The standard InChI is InChI=1S/C14H23NO3S/c1-9(2)19-10-6-12(17-4)14(11(16)8-15-3)13(7-10)18-5/h6-7,9,11,15-16H,8H2,1-5H3. The molecule has 1 atom stereocenters. The molecule has 0 aromatic heterocycles. The van der Waals surface area contributed by atoms with E-state index in [0.717, 1.165) is 4.90 Å². The number of aliphatic hydroxyl groups is 1. The first kappa shape index (κ1) is 16.1. The maximum atomic E-state index is 10.2. The Morgan fingerprint density at radius 2 is 1.74 bits per heavy atom. The van der Waals surface area contributed by atoms with Crippen molar-refractivity contribution in [3.63, 3.8) is 0 Å². The molecule has 0 bridgehead atoms. The Morgan fingerprint density at radius 1 is 1.21 bits per heavy atom. The van der Waals surface area contributed by atoms with Gasteiger partial charge in [-0.25, -0.2) is 0 Å². The van der Waals surface area contributed by atoms with Crippen LogP contribution in [0.1, 0.15) is 25.5 Å². The van der Waals surface area contributed by atoms with Crippen molar-refractivity contribution in [3.05, 3.63) is 17.7 Å². The van der Waals surface area contributed by atoms with E-state index in [1.165, 1.54) is 0 Å². The molecule has 0 saturated carbocycles. The largest absolute Gasteiger partial charge is 0.496 e. The van der Waals surface area contributed by atoms with Gasteiger partial charge < -0.3 is 19.9 Å². The SMILES string of the molecule is CNCC(O)c1c(OC)cc(SC(C)C)cc1OC. The fourth-order valence-electron chi connectivity index (χ4n) is 1.88. The van der Waals surface area contributed by atoms with Gasteiger partial charge in [-0.05, 0) is 19.2 Å². The van der Waals surface area contributed by atoms with Crippen LogP contribution >= 0.6 is 11.8 Å². The lowest BCUT2D eigenvalue weighted by Gasteiger charge is -2.19. The third-order valence-electron chi connectivity index (χ3n) is 2.62. The first-order valence-corrected chi connectivity index (χ1v) is 7.16. The molecule has 0 aliphatic carbocycles. The Morgan fingerprint density at radius 3 is 2.11 bits per heavy atom. The van der Waals surface area contributed by atoms with Crippen LogP contribution in [0.3, 0.4) is 0 Å². The summed E-state index contributed by atoms with van der Waals surface area (Å²) in [6.07, 6.45) is -0.659. The molecule has 5 heteroatoms. The van der Waals surface area contributed by atoms with Crippen LogP contribution in [0.4, 0.5) is 0 Å². The van der Waals surface area contributed by atoms with E-state index in [9.17, 15) is 5.11 Å². The number of rotatable bonds is 7. The Hall–Kier alpha value is -0.910. The molecule has 2 N–H and O–H groups in total. The van der Waals surface area contributed by atoms with E-state index in [1.54, 1.807) is 33.0 Å². The van der Waals surface area contributed by atoms with Gasteiger partial charge >= 0.3 is 0 Å². The van der Waals surface area contributed by atoms with E-state index in [2.05, 4.69) is 19.2 Å². The second kappa shape index (κ2) is 7.62. The average molecular weight is 285 g/mol. The predicted octanol–water partition coefficient (Wildman–Crippen LogP) is 2.46. The molecule has 19 heavy (non-hydrogen) atoms. The van der Waals surface area contributed by atoms with Gasteiger partial charge in [0.1, 0.15) is 11.5 Å². The predicted molar refractivity (Wildman–Crippen MR) is 79.4 cm³/mol. The third-order valence-corrected chi connectivity index (χ3v) is 3.60. The number of ether oxygens (including phenoxy) is 2. The normalized spacial score (nSPS) is 12.6. The number of thioether (sulfide) groups is 1. The highest BCUT2D eigenvalue weighted by molar-refractivity contribution is 7.99. The minimum absolute atomic E-state index is 0.448. The first-order valence-electron chi connectivity index (χ1n) is 6.28. The van der Waals surface area contributed by atoms with Crippen LogP contribution in [0.15, 0.2) is 17.0 Å². The molecule has 1 rings (SSSR count). The Bertz CT molecular complexity index is 385. The van der Waals surface area contributed by atoms with Crippen LogP contribution in [0.5, 0.6) is 11.5 Å². The summed E-state index contributed by atoms with van der Waals surface area (Å²) < 4.78 is 10.8. The smallest absolute Gasteiger partial charge is 0.129 e. The van der Waals surface area contributed by atoms with E-state index in [-0.39, 0.29) is 0 Å². The summed E-state index contributed by atoms with van der Waals surface area (Å²) >= 11 is 1.73. The van der Waals surface area contributed by atoms with Crippen LogP contribution in [-0.2, 0) is 0 Å². The van der Waals surface area contributed by atoms with E-state index < -0.39 is 6.10 Å². The molecular formula is C14H23NO3S. The van der Waals surface area contributed by atoms with E-state index in [4.69, 9.17) is 9.47 Å². The maximum absolute atomic E-state index is 10.2. The Labute approximate surface area is 119 Å². The summed E-state index contributed by atoms with van der Waals surface area (Å²) in [6.45, 7) is 4.71. The zero-order chi connectivity index (χ0) is 14.4. The van der Waals surface area contributed by atoms with Crippen LogP contribution in [0.25, 0.3) is 0 Å². The van der Waals surface area contributed by atoms with Crippen molar-refractivity contribution in [1.29, 1.82) is 0 Å². The van der Waals surface area contributed by atoms with Gasteiger partial charge in [-0.3, -0.25) is 0 Å². The highest BCUT2D eigenvalue weighted by atomic mass is 32.2. The lowest BCUT2D eigenvalue weighted by molar-refractivity contribution is 0.168. The monoisotopic (exact) mass is 285 g/mol. The minimum Gasteiger partial charge on any atom is -0.496 e. The van der Waals surface area contributed by atoms with E-state index in [0.29, 0.717) is 28.9 Å². The summed E-state index contributed by atoms with van der Waals surface area (Å²) in [4.78, 5) is 1.07. The zero-order valence-corrected chi connectivity index (χ0v) is 13.0. The number of aliphatic hydroxyl groups excluding tert-OH is 1. The van der Waals surface area contributed by atoms with Crippen LogP contribution < -0.4 is 14.8 Å². The van der Waals surface area contributed by atoms with Crippen molar-refractivity contribution in [3.8, 4) is 11.5 Å². The van der Waals surface area contributed by atoms with Gasteiger partial charge in [0, 0.05) is 16.7 Å². The second-order valence-corrected chi connectivity index (χ2v) is 6.13. The molecule has 0 saturated heterocycles. The van der Waals surface area contributed by atoms with Crippen LogP contribution in [0.2, 0.25) is 0 Å². The van der Waals surface area contributed by atoms with Gasteiger partial charge in [0.15, 0.2) is 0 Å². The van der Waals surface area contributed by atoms with Crippen LogP contribution in [-0.4, -0.2) is 38.2 Å². The van der Waals surface area contributed by atoms with Crippen molar-refractivity contribution >= 4 is 11.8 Å². The van der Waals surface area contributed by atoms with E-state index in [1.807, 2.05) is 12.1 Å². The molecular weight excluding hydrogens is 262 g/mol. The van der Waals surface area contributed by atoms with Crippen LogP contribution in [0, 0.1) is 0 Å². The Balaban J connectivity index is 3.21.